The standard InChI is InChI=1S/C22H27BClN5O8S2/c1-5-13(19(33)36-23)37-28-14(11-9-39-20(25-11)27-21(34)35-22(2,3)4)16(31)26-15-17(32)29-12(7-30)10(6-24)8-38-18(15)29/h7,9,13,15,18H,5-6,8,23H2,1-4H3,(H,26,31)(H,25,27,34)/b28-14-/t13-,15+,18+/m0/s1. The molecule has 1 aromatic rings. The van der Waals surface area contributed by atoms with Gasteiger partial charge in [-0.25, -0.2) is 14.6 Å². The summed E-state index contributed by atoms with van der Waals surface area (Å²) in [7, 11) is 1.19. The van der Waals surface area contributed by atoms with Crippen LogP contribution in [0.1, 0.15) is 39.8 Å². The molecule has 0 bridgehead atoms. The Labute approximate surface area is 238 Å². The van der Waals surface area contributed by atoms with E-state index in [9.17, 15) is 24.0 Å². The van der Waals surface area contributed by atoms with E-state index in [1.807, 2.05) is 0 Å². The summed E-state index contributed by atoms with van der Waals surface area (Å²) in [4.78, 5) is 72.7. The lowest BCUT2D eigenvalue weighted by Gasteiger charge is -2.49. The van der Waals surface area contributed by atoms with Crippen LogP contribution in [0.5, 0.6) is 0 Å². The van der Waals surface area contributed by atoms with Crippen LogP contribution >= 0.6 is 34.7 Å². The number of alkyl halides is 1. The minimum atomic E-state index is -1.10. The maximum Gasteiger partial charge on any atom is 0.413 e. The summed E-state index contributed by atoms with van der Waals surface area (Å²) in [6, 6.07) is -0.958. The molecular weight excluding hydrogens is 573 g/mol. The van der Waals surface area contributed by atoms with Crippen molar-refractivity contribution in [3.63, 3.8) is 0 Å². The number of aldehydes is 1. The van der Waals surface area contributed by atoms with Crippen molar-refractivity contribution < 1.29 is 38.2 Å². The Morgan fingerprint density at radius 2 is 2.10 bits per heavy atom. The van der Waals surface area contributed by atoms with Gasteiger partial charge in [-0.2, -0.15) is 0 Å². The van der Waals surface area contributed by atoms with E-state index in [-0.39, 0.29) is 34.5 Å². The van der Waals surface area contributed by atoms with Gasteiger partial charge >= 0.3 is 20.1 Å². The van der Waals surface area contributed by atoms with E-state index < -0.39 is 47.0 Å². The summed E-state index contributed by atoms with van der Waals surface area (Å²) in [6.45, 7) is 6.78. The first kappa shape index (κ1) is 30.4. The van der Waals surface area contributed by atoms with Gasteiger partial charge < -0.3 is 19.5 Å². The fourth-order valence-electron chi connectivity index (χ4n) is 3.48. The first-order valence-corrected chi connectivity index (χ1v) is 14.2. The quantitative estimate of drug-likeness (QED) is 0.0995. The van der Waals surface area contributed by atoms with E-state index >= 15 is 0 Å². The number of thioether (sulfide) groups is 1. The molecule has 1 aromatic heterocycles. The number of amides is 3. The fourth-order valence-corrected chi connectivity index (χ4v) is 5.87. The molecule has 210 valence electrons. The number of nitrogens with zero attached hydrogens (tertiary/aromatic N) is 3. The van der Waals surface area contributed by atoms with Gasteiger partial charge in [0.1, 0.15) is 22.7 Å². The summed E-state index contributed by atoms with van der Waals surface area (Å²) in [5.74, 6) is -1.48. The van der Waals surface area contributed by atoms with Crippen LogP contribution in [0.25, 0.3) is 0 Å². The topological polar surface area (TPSA) is 166 Å². The molecule has 3 amide bonds. The molecule has 0 unspecified atom stereocenters. The number of allylic oxidation sites excluding steroid dienone is 1. The molecule has 3 atom stereocenters. The zero-order valence-corrected chi connectivity index (χ0v) is 24.2. The summed E-state index contributed by atoms with van der Waals surface area (Å²) in [5.41, 5.74) is -0.242. The third-order valence-electron chi connectivity index (χ3n) is 5.33. The number of nitrogens with one attached hydrogen (secondary N) is 2. The number of halogens is 1. The number of ether oxygens (including phenoxy) is 1. The van der Waals surface area contributed by atoms with Crippen LogP contribution in [0, 0.1) is 0 Å². The first-order chi connectivity index (χ1) is 18.4. The smallest absolute Gasteiger partial charge is 0.413 e. The van der Waals surface area contributed by atoms with Gasteiger partial charge in [-0.3, -0.25) is 24.6 Å². The Balaban J connectivity index is 1.83. The number of thiazole rings is 1. The maximum absolute atomic E-state index is 13.3. The van der Waals surface area contributed by atoms with Crippen molar-refractivity contribution in [3.05, 3.63) is 22.3 Å². The van der Waals surface area contributed by atoms with Gasteiger partial charge in [0, 0.05) is 17.0 Å². The number of hydrogen-bond donors (Lipinski definition) is 2. The van der Waals surface area contributed by atoms with Crippen molar-refractivity contribution in [1.82, 2.24) is 15.2 Å². The van der Waals surface area contributed by atoms with Crippen LogP contribution in [-0.2, 0) is 33.4 Å². The van der Waals surface area contributed by atoms with Crippen LogP contribution in [0.2, 0.25) is 0 Å². The SMILES string of the molecule is BOC(=O)[C@H](CC)O/N=C(\C(=O)N[C@@H]1C(=O)N2C(C=O)=C(CCl)CS[C@H]12)c1csc(NC(=O)OC(C)(C)C)n1. The lowest BCUT2D eigenvalue weighted by Crippen LogP contribution is -2.70. The number of fused-ring (bicyclic) bond motifs is 1. The molecule has 3 heterocycles. The number of aromatic nitrogens is 1. The second-order valence-electron chi connectivity index (χ2n) is 9.23. The number of hydrogen-bond acceptors (Lipinski definition) is 12. The molecule has 0 aliphatic carbocycles. The molecule has 1 saturated heterocycles. The molecule has 1 fully saturated rings. The lowest BCUT2D eigenvalue weighted by atomic mass is 10.0. The number of carbonyl (C=O) groups excluding carboxylic acids is 5. The van der Waals surface area contributed by atoms with Gasteiger partial charge in [0.2, 0.25) is 6.10 Å². The van der Waals surface area contributed by atoms with Crippen LogP contribution in [0.4, 0.5) is 9.93 Å². The zero-order chi connectivity index (χ0) is 28.9. The molecule has 0 radical (unpaired) electrons. The van der Waals surface area contributed by atoms with E-state index in [0.717, 1.165) is 11.3 Å². The molecule has 0 aromatic carbocycles. The van der Waals surface area contributed by atoms with E-state index in [1.54, 1.807) is 27.7 Å². The highest BCUT2D eigenvalue weighted by Gasteiger charge is 2.52. The molecular formula is C22H27BClN5O8S2. The van der Waals surface area contributed by atoms with Crippen LogP contribution in [0.15, 0.2) is 21.8 Å². The summed E-state index contributed by atoms with van der Waals surface area (Å²) in [6.07, 6.45) is -1.07. The average Bonchev–Trinajstić information content (AvgIpc) is 3.34. The predicted molar refractivity (Wildman–Crippen MR) is 147 cm³/mol. The Morgan fingerprint density at radius 3 is 2.69 bits per heavy atom. The number of rotatable bonds is 10. The Kier molecular flexibility index (Phi) is 10.0. The maximum atomic E-state index is 13.3. The highest BCUT2D eigenvalue weighted by molar-refractivity contribution is 8.00. The van der Waals surface area contributed by atoms with E-state index in [1.165, 1.54) is 30.1 Å². The fraction of sp³-hybridized carbons (Fsp3) is 0.500. The highest BCUT2D eigenvalue weighted by atomic mass is 35.5. The zero-order valence-electron chi connectivity index (χ0n) is 21.8. The largest absolute Gasteiger partial charge is 0.541 e. The molecule has 2 aliphatic heterocycles. The second kappa shape index (κ2) is 12.8. The Hall–Kier alpha value is -3.11. The number of β-lactam (4-membered cyclic amide) rings is 1. The van der Waals surface area contributed by atoms with Crippen molar-refractivity contribution in [3.8, 4) is 0 Å². The van der Waals surface area contributed by atoms with E-state index in [0.29, 0.717) is 17.6 Å². The lowest BCUT2D eigenvalue weighted by molar-refractivity contribution is -0.147. The van der Waals surface area contributed by atoms with Gasteiger partial charge in [-0.15, -0.1) is 34.7 Å². The molecule has 0 spiro atoms. The minimum absolute atomic E-state index is 0.0149. The van der Waals surface area contributed by atoms with E-state index in [2.05, 4.69) is 25.4 Å². The molecule has 13 nitrogen and oxygen atoms in total. The Morgan fingerprint density at radius 1 is 1.38 bits per heavy atom. The second-order valence-corrected chi connectivity index (χ2v) is 11.5. The Bertz CT molecular complexity index is 1220. The monoisotopic (exact) mass is 599 g/mol. The molecule has 2 aliphatic rings. The van der Waals surface area contributed by atoms with Gasteiger partial charge in [-0.1, -0.05) is 12.1 Å². The van der Waals surface area contributed by atoms with Gasteiger partial charge in [-0.05, 0) is 32.8 Å². The predicted octanol–water partition coefficient (Wildman–Crippen LogP) is 1.17. The van der Waals surface area contributed by atoms with Gasteiger partial charge in [0.15, 0.2) is 17.1 Å². The summed E-state index contributed by atoms with van der Waals surface area (Å²) >= 11 is 8.25. The first-order valence-electron chi connectivity index (χ1n) is 11.7. The molecule has 17 heteroatoms. The third kappa shape index (κ3) is 7.11. The van der Waals surface area contributed by atoms with Crippen molar-refractivity contribution in [2.45, 2.75) is 57.2 Å². The van der Waals surface area contributed by atoms with Crippen molar-refractivity contribution in [2.24, 2.45) is 5.16 Å². The highest BCUT2D eigenvalue weighted by Crippen LogP contribution is 2.39. The van der Waals surface area contributed by atoms with Crippen LogP contribution < -0.4 is 10.6 Å². The van der Waals surface area contributed by atoms with Crippen LogP contribution in [-0.4, -0.2) is 88.6 Å². The van der Waals surface area contributed by atoms with Crippen LogP contribution in [0.3, 0.4) is 0 Å². The number of carbonyl (C=O) groups is 5. The number of oxime groups is 1. The molecule has 3 rings (SSSR count). The van der Waals surface area contributed by atoms with Gasteiger partial charge in [0.05, 0.1) is 5.70 Å². The van der Waals surface area contributed by atoms with Crippen molar-refractivity contribution in [1.29, 1.82) is 0 Å². The van der Waals surface area contributed by atoms with Crippen molar-refractivity contribution in [2.75, 3.05) is 16.9 Å². The third-order valence-corrected chi connectivity index (χ3v) is 7.75. The molecule has 0 saturated carbocycles. The van der Waals surface area contributed by atoms with Crippen molar-refractivity contribution >= 4 is 83.8 Å². The summed E-state index contributed by atoms with van der Waals surface area (Å²) in [5, 5.41) is 10.00. The minimum Gasteiger partial charge on any atom is -0.541 e. The van der Waals surface area contributed by atoms with E-state index in [4.69, 9.17) is 21.2 Å². The molecule has 2 N–H and O–H groups in total. The summed E-state index contributed by atoms with van der Waals surface area (Å²) < 4.78 is 9.90. The average molecular weight is 600 g/mol. The number of anilines is 1. The molecule has 39 heavy (non-hydrogen) atoms. The normalized spacial score (nSPS) is 19.9. The van der Waals surface area contributed by atoms with Gasteiger partial charge in [0.25, 0.3) is 11.8 Å².